The lowest BCUT2D eigenvalue weighted by Gasteiger charge is -2.20. The fraction of sp³-hybridized carbons (Fsp3) is 1.00. The van der Waals surface area contributed by atoms with Gasteiger partial charge < -0.3 is 18.5 Å². The zero-order valence-corrected chi connectivity index (χ0v) is 11.7. The molecular formula is C8H20O6P2. The van der Waals surface area contributed by atoms with Crippen LogP contribution in [0.3, 0.4) is 0 Å². The molecule has 0 amide bonds. The molecule has 3 atom stereocenters. The van der Waals surface area contributed by atoms with Crippen molar-refractivity contribution < 1.29 is 27.6 Å². The predicted molar refractivity (Wildman–Crippen MR) is 62.1 cm³/mol. The van der Waals surface area contributed by atoms with Crippen LogP contribution in [0.15, 0.2) is 0 Å². The average molecular weight is 274 g/mol. The Bertz CT molecular complexity index is 257. The summed E-state index contributed by atoms with van der Waals surface area (Å²) in [5, 5.41) is 0. The topological polar surface area (TPSA) is 82.1 Å². The summed E-state index contributed by atoms with van der Waals surface area (Å²) < 4.78 is 36.9. The Morgan fingerprint density at radius 3 is 2.44 bits per heavy atom. The van der Waals surface area contributed by atoms with Crippen molar-refractivity contribution in [2.75, 3.05) is 26.5 Å². The van der Waals surface area contributed by atoms with Gasteiger partial charge in [-0.25, -0.2) is 0 Å². The van der Waals surface area contributed by atoms with Gasteiger partial charge in [-0.3, -0.25) is 9.13 Å². The van der Waals surface area contributed by atoms with E-state index in [1.54, 1.807) is 6.92 Å². The minimum atomic E-state index is -3.09. The van der Waals surface area contributed by atoms with Gasteiger partial charge in [-0.2, -0.15) is 0 Å². The van der Waals surface area contributed by atoms with Crippen LogP contribution in [0, 0.1) is 5.92 Å². The number of rotatable bonds is 9. The van der Waals surface area contributed by atoms with Crippen molar-refractivity contribution in [3.63, 3.8) is 0 Å². The maximum absolute atomic E-state index is 12.0. The molecule has 0 radical (unpaired) electrons. The highest BCUT2D eigenvalue weighted by Gasteiger charge is 2.27. The lowest BCUT2D eigenvalue weighted by molar-refractivity contribution is 0.212. The van der Waals surface area contributed by atoms with Crippen molar-refractivity contribution in [1.29, 1.82) is 0 Å². The van der Waals surface area contributed by atoms with Crippen molar-refractivity contribution in [1.82, 2.24) is 0 Å². The van der Waals surface area contributed by atoms with Gasteiger partial charge in [-0.05, 0) is 12.8 Å². The van der Waals surface area contributed by atoms with Crippen molar-refractivity contribution in [3.8, 4) is 0 Å². The van der Waals surface area contributed by atoms with Gasteiger partial charge in [0.2, 0.25) is 0 Å². The molecule has 0 aliphatic rings. The zero-order chi connectivity index (χ0) is 12.6. The average Bonchev–Trinajstić information content (AvgIpc) is 2.24. The van der Waals surface area contributed by atoms with Gasteiger partial charge in [0.1, 0.15) is 0 Å². The van der Waals surface area contributed by atoms with Crippen LogP contribution in [-0.2, 0) is 22.7 Å². The Labute approximate surface area is 96.8 Å². The standard InChI is InChI=1S/C8H20O6P2/c1-4-8(6-13-15(9)10)7-16(11,12-3)14-5-2/h8,15H,4-7H2,1-3H3,(H,9,10). The summed E-state index contributed by atoms with van der Waals surface area (Å²) in [7, 11) is -4.69. The highest BCUT2D eigenvalue weighted by molar-refractivity contribution is 7.53. The van der Waals surface area contributed by atoms with Gasteiger partial charge in [-0.1, -0.05) is 13.3 Å². The molecule has 16 heavy (non-hydrogen) atoms. The third kappa shape index (κ3) is 6.79. The molecule has 8 heteroatoms. The second-order valence-electron chi connectivity index (χ2n) is 3.25. The molecule has 0 spiro atoms. The summed E-state index contributed by atoms with van der Waals surface area (Å²) >= 11 is 0. The van der Waals surface area contributed by atoms with Crippen molar-refractivity contribution in [3.05, 3.63) is 0 Å². The van der Waals surface area contributed by atoms with Crippen LogP contribution >= 0.6 is 15.9 Å². The molecule has 0 saturated heterocycles. The normalized spacial score (nSPS) is 19.0. The molecule has 6 nitrogen and oxygen atoms in total. The van der Waals surface area contributed by atoms with E-state index in [1.165, 1.54) is 7.11 Å². The highest BCUT2D eigenvalue weighted by atomic mass is 31.2. The highest BCUT2D eigenvalue weighted by Crippen LogP contribution is 2.49. The Morgan fingerprint density at radius 1 is 1.44 bits per heavy atom. The molecule has 0 aromatic heterocycles. The molecule has 0 rings (SSSR count). The number of hydrogen-bond donors (Lipinski definition) is 1. The van der Waals surface area contributed by atoms with E-state index in [0.717, 1.165) is 0 Å². The minimum Gasteiger partial charge on any atom is -0.326 e. The van der Waals surface area contributed by atoms with E-state index in [0.29, 0.717) is 13.0 Å². The number of hydrogen-bond acceptors (Lipinski definition) is 5. The van der Waals surface area contributed by atoms with Crippen molar-refractivity contribution in [2.45, 2.75) is 20.3 Å². The second kappa shape index (κ2) is 8.40. The van der Waals surface area contributed by atoms with Gasteiger partial charge in [0.15, 0.2) is 0 Å². The molecule has 0 aliphatic heterocycles. The van der Waals surface area contributed by atoms with Gasteiger partial charge in [0, 0.05) is 7.11 Å². The van der Waals surface area contributed by atoms with Crippen LogP contribution < -0.4 is 0 Å². The molecule has 0 bridgehead atoms. The van der Waals surface area contributed by atoms with Crippen LogP contribution in [0.1, 0.15) is 20.3 Å². The Hall–Kier alpha value is 0.300. The summed E-state index contributed by atoms with van der Waals surface area (Å²) in [6, 6.07) is 0. The summed E-state index contributed by atoms with van der Waals surface area (Å²) in [5.74, 6) is -0.113. The molecule has 3 unspecified atom stereocenters. The maximum atomic E-state index is 12.0. The summed E-state index contributed by atoms with van der Waals surface area (Å²) in [6.45, 7) is 4.01. The first-order valence-electron chi connectivity index (χ1n) is 5.12. The van der Waals surface area contributed by atoms with Crippen LogP contribution in [0.2, 0.25) is 0 Å². The first-order valence-corrected chi connectivity index (χ1v) is 8.11. The molecule has 0 fully saturated rings. The molecule has 0 aliphatic carbocycles. The summed E-state index contributed by atoms with van der Waals surface area (Å²) in [5.41, 5.74) is 0. The molecular weight excluding hydrogens is 254 g/mol. The summed E-state index contributed by atoms with van der Waals surface area (Å²) in [4.78, 5) is 8.55. The van der Waals surface area contributed by atoms with Crippen LogP contribution in [-0.4, -0.2) is 31.4 Å². The largest absolute Gasteiger partial charge is 0.330 e. The molecule has 1 N–H and O–H groups in total. The first kappa shape index (κ1) is 16.3. The molecule has 0 aromatic carbocycles. The first-order chi connectivity index (χ1) is 7.47. The Kier molecular flexibility index (Phi) is 8.56. The smallest absolute Gasteiger partial charge is 0.326 e. The fourth-order valence-electron chi connectivity index (χ4n) is 1.18. The van der Waals surface area contributed by atoms with Gasteiger partial charge in [0.05, 0.1) is 19.4 Å². The van der Waals surface area contributed by atoms with Crippen LogP contribution in [0.25, 0.3) is 0 Å². The molecule has 98 valence electrons. The lowest BCUT2D eigenvalue weighted by atomic mass is 10.1. The monoisotopic (exact) mass is 274 g/mol. The quantitative estimate of drug-likeness (QED) is 0.649. The minimum absolute atomic E-state index is 0.0885. The molecule has 0 aromatic rings. The lowest BCUT2D eigenvalue weighted by Crippen LogP contribution is -2.13. The second-order valence-corrected chi connectivity index (χ2v) is 6.28. The van der Waals surface area contributed by atoms with E-state index in [2.05, 4.69) is 4.52 Å². The van der Waals surface area contributed by atoms with E-state index in [4.69, 9.17) is 13.9 Å². The third-order valence-electron chi connectivity index (χ3n) is 2.11. The maximum Gasteiger partial charge on any atom is 0.330 e. The fourth-order valence-corrected chi connectivity index (χ4v) is 3.31. The molecule has 0 heterocycles. The van der Waals surface area contributed by atoms with Gasteiger partial charge in [0.25, 0.3) is 0 Å². The van der Waals surface area contributed by atoms with Gasteiger partial charge >= 0.3 is 15.9 Å². The van der Waals surface area contributed by atoms with E-state index in [9.17, 15) is 9.13 Å². The SMILES string of the molecule is CCOP(=O)(CC(CC)CO[PH](=O)O)OC. The van der Waals surface area contributed by atoms with E-state index >= 15 is 0 Å². The van der Waals surface area contributed by atoms with Gasteiger partial charge in [-0.15, -0.1) is 0 Å². The van der Waals surface area contributed by atoms with E-state index in [1.807, 2.05) is 6.92 Å². The Morgan fingerprint density at radius 2 is 2.06 bits per heavy atom. The predicted octanol–water partition coefficient (Wildman–Crippen LogP) is 2.29. The zero-order valence-electron chi connectivity index (χ0n) is 9.84. The molecule has 0 saturated carbocycles. The van der Waals surface area contributed by atoms with Crippen LogP contribution in [0.4, 0.5) is 0 Å². The van der Waals surface area contributed by atoms with E-state index in [-0.39, 0.29) is 18.7 Å². The Balaban J connectivity index is 4.27. The van der Waals surface area contributed by atoms with Crippen LogP contribution in [0.5, 0.6) is 0 Å². The van der Waals surface area contributed by atoms with E-state index < -0.39 is 15.9 Å². The third-order valence-corrected chi connectivity index (χ3v) is 4.69. The van der Waals surface area contributed by atoms with Crippen molar-refractivity contribution >= 4 is 15.9 Å². The van der Waals surface area contributed by atoms with Crippen molar-refractivity contribution in [2.24, 2.45) is 5.92 Å². The summed E-state index contributed by atoms with van der Waals surface area (Å²) in [6.07, 6.45) is 0.874.